The standard InChI is InChI=1S/C11H9ClN2O.ClH/c12-9-3-1-8(2-4-9)10(15)7-11-13-5-6-14-11;/h1-6H,7H2,(H,13,14);1H. The molecule has 1 N–H and O–H groups in total. The molecule has 0 saturated heterocycles. The van der Waals surface area contributed by atoms with Gasteiger partial charge in [0.2, 0.25) is 0 Å². The normalized spacial score (nSPS) is 9.56. The number of carbonyl (C=O) groups excluding carboxylic acids is 1. The molecule has 3 nitrogen and oxygen atoms in total. The van der Waals surface area contributed by atoms with Gasteiger partial charge in [-0.05, 0) is 24.3 Å². The summed E-state index contributed by atoms with van der Waals surface area (Å²) < 4.78 is 0. The molecule has 0 spiro atoms. The molecule has 0 fully saturated rings. The molecule has 1 heterocycles. The maximum absolute atomic E-state index is 11.7. The minimum atomic E-state index is 0. The number of imidazole rings is 1. The summed E-state index contributed by atoms with van der Waals surface area (Å²) in [5, 5.41) is 0.629. The number of ketones is 1. The molecule has 1 aromatic heterocycles. The van der Waals surface area contributed by atoms with Gasteiger partial charge in [-0.1, -0.05) is 11.6 Å². The van der Waals surface area contributed by atoms with Crippen LogP contribution >= 0.6 is 24.0 Å². The molecule has 0 aliphatic rings. The Kier molecular flexibility index (Phi) is 4.52. The summed E-state index contributed by atoms with van der Waals surface area (Å²) in [6, 6.07) is 6.84. The van der Waals surface area contributed by atoms with Gasteiger partial charge in [0.05, 0.1) is 6.42 Å². The Morgan fingerprint density at radius 1 is 1.31 bits per heavy atom. The van der Waals surface area contributed by atoms with Crippen LogP contribution in [-0.2, 0) is 6.42 Å². The van der Waals surface area contributed by atoms with E-state index in [9.17, 15) is 4.79 Å². The van der Waals surface area contributed by atoms with E-state index in [1.807, 2.05) is 0 Å². The number of nitrogens with zero attached hydrogens (tertiary/aromatic N) is 1. The van der Waals surface area contributed by atoms with Crippen LogP contribution in [0.1, 0.15) is 16.2 Å². The zero-order chi connectivity index (χ0) is 10.7. The number of halogens is 2. The van der Waals surface area contributed by atoms with Crippen molar-refractivity contribution in [3.63, 3.8) is 0 Å². The number of hydrogen-bond donors (Lipinski definition) is 1. The van der Waals surface area contributed by atoms with Crippen LogP contribution in [0.2, 0.25) is 5.02 Å². The van der Waals surface area contributed by atoms with Crippen molar-refractivity contribution in [2.24, 2.45) is 0 Å². The highest BCUT2D eigenvalue weighted by molar-refractivity contribution is 6.30. The zero-order valence-corrected chi connectivity index (χ0v) is 9.89. The first-order valence-corrected chi connectivity index (χ1v) is 4.90. The molecule has 5 heteroatoms. The number of carbonyl (C=O) groups is 1. The smallest absolute Gasteiger partial charge is 0.170 e. The van der Waals surface area contributed by atoms with E-state index >= 15 is 0 Å². The third kappa shape index (κ3) is 3.08. The highest BCUT2D eigenvalue weighted by Gasteiger charge is 2.07. The van der Waals surface area contributed by atoms with Crippen LogP contribution < -0.4 is 0 Å². The number of aromatic nitrogens is 2. The maximum atomic E-state index is 11.7. The molecule has 0 unspecified atom stereocenters. The zero-order valence-electron chi connectivity index (χ0n) is 8.31. The predicted molar refractivity (Wildman–Crippen MR) is 65.3 cm³/mol. The highest BCUT2D eigenvalue weighted by atomic mass is 35.5. The Morgan fingerprint density at radius 2 is 2.00 bits per heavy atom. The van der Waals surface area contributed by atoms with Gasteiger partial charge in [0.1, 0.15) is 5.82 Å². The molecule has 16 heavy (non-hydrogen) atoms. The van der Waals surface area contributed by atoms with Crippen LogP contribution in [0.4, 0.5) is 0 Å². The summed E-state index contributed by atoms with van der Waals surface area (Å²) in [4.78, 5) is 18.6. The Hall–Kier alpha value is -1.32. The number of aromatic amines is 1. The Bertz CT molecular complexity index is 451. The topological polar surface area (TPSA) is 45.8 Å². The number of hydrogen-bond acceptors (Lipinski definition) is 2. The van der Waals surface area contributed by atoms with Crippen molar-refractivity contribution in [1.29, 1.82) is 0 Å². The Morgan fingerprint density at radius 3 is 2.56 bits per heavy atom. The fourth-order valence-corrected chi connectivity index (χ4v) is 1.41. The van der Waals surface area contributed by atoms with Crippen LogP contribution in [-0.4, -0.2) is 15.8 Å². The fourth-order valence-electron chi connectivity index (χ4n) is 1.28. The molecule has 2 rings (SSSR count). The highest BCUT2D eigenvalue weighted by Crippen LogP contribution is 2.11. The van der Waals surface area contributed by atoms with Crippen LogP contribution in [0, 0.1) is 0 Å². The van der Waals surface area contributed by atoms with E-state index in [0.29, 0.717) is 16.4 Å². The predicted octanol–water partition coefficient (Wildman–Crippen LogP) is 2.91. The SMILES string of the molecule is Cl.O=C(Cc1ncc[nH]1)c1ccc(Cl)cc1. The molecule has 84 valence electrons. The van der Waals surface area contributed by atoms with Gasteiger partial charge in [-0.15, -0.1) is 12.4 Å². The van der Waals surface area contributed by atoms with Gasteiger partial charge in [-0.2, -0.15) is 0 Å². The second kappa shape index (κ2) is 5.68. The summed E-state index contributed by atoms with van der Waals surface area (Å²) in [5.41, 5.74) is 0.649. The number of rotatable bonds is 3. The van der Waals surface area contributed by atoms with Crippen molar-refractivity contribution < 1.29 is 4.79 Å². The maximum Gasteiger partial charge on any atom is 0.170 e. The van der Waals surface area contributed by atoms with Crippen molar-refractivity contribution in [3.8, 4) is 0 Å². The first kappa shape index (κ1) is 12.7. The monoisotopic (exact) mass is 256 g/mol. The van der Waals surface area contributed by atoms with E-state index in [1.54, 1.807) is 36.7 Å². The molecule has 0 atom stereocenters. The van der Waals surface area contributed by atoms with Gasteiger partial charge in [0.15, 0.2) is 5.78 Å². The molecule has 0 aliphatic heterocycles. The molecular formula is C11H10Cl2N2O. The molecule has 0 aliphatic carbocycles. The lowest BCUT2D eigenvalue weighted by molar-refractivity contribution is 0.0991. The second-order valence-electron chi connectivity index (χ2n) is 3.14. The third-order valence-electron chi connectivity index (χ3n) is 2.05. The van der Waals surface area contributed by atoms with E-state index in [-0.39, 0.29) is 24.6 Å². The molecule has 0 radical (unpaired) electrons. The lowest BCUT2D eigenvalue weighted by Gasteiger charge is -1.98. The second-order valence-corrected chi connectivity index (χ2v) is 3.58. The van der Waals surface area contributed by atoms with Crippen molar-refractivity contribution in [3.05, 3.63) is 53.1 Å². The molecule has 2 aromatic rings. The first-order chi connectivity index (χ1) is 7.25. The van der Waals surface area contributed by atoms with Crippen LogP contribution in [0.3, 0.4) is 0 Å². The number of H-pyrrole nitrogens is 1. The first-order valence-electron chi connectivity index (χ1n) is 4.53. The van der Waals surface area contributed by atoms with Crippen LogP contribution in [0.5, 0.6) is 0 Å². The van der Waals surface area contributed by atoms with Gasteiger partial charge in [-0.25, -0.2) is 4.98 Å². The summed E-state index contributed by atoms with van der Waals surface area (Å²) in [6.45, 7) is 0. The molecule has 0 amide bonds. The molecular weight excluding hydrogens is 247 g/mol. The van der Waals surface area contributed by atoms with E-state index in [2.05, 4.69) is 9.97 Å². The van der Waals surface area contributed by atoms with E-state index in [0.717, 1.165) is 0 Å². The average molecular weight is 257 g/mol. The lowest BCUT2D eigenvalue weighted by atomic mass is 10.1. The van der Waals surface area contributed by atoms with Gasteiger partial charge < -0.3 is 4.98 Å². The average Bonchev–Trinajstić information content (AvgIpc) is 2.71. The number of benzene rings is 1. The molecule has 1 aromatic carbocycles. The van der Waals surface area contributed by atoms with Crippen molar-refractivity contribution >= 4 is 29.8 Å². The number of Topliss-reactive ketones (excluding diaryl/α,β-unsaturated/α-hetero) is 1. The van der Waals surface area contributed by atoms with E-state index in [4.69, 9.17) is 11.6 Å². The van der Waals surface area contributed by atoms with Crippen LogP contribution in [0.15, 0.2) is 36.7 Å². The van der Waals surface area contributed by atoms with Gasteiger partial charge >= 0.3 is 0 Å². The van der Waals surface area contributed by atoms with Crippen LogP contribution in [0.25, 0.3) is 0 Å². The van der Waals surface area contributed by atoms with Gasteiger partial charge in [-0.3, -0.25) is 4.79 Å². The quantitative estimate of drug-likeness (QED) is 0.859. The third-order valence-corrected chi connectivity index (χ3v) is 2.30. The lowest BCUT2D eigenvalue weighted by Crippen LogP contribution is -2.04. The molecule has 0 bridgehead atoms. The summed E-state index contributed by atoms with van der Waals surface area (Å²) in [6.07, 6.45) is 3.61. The Balaban J connectivity index is 0.00000128. The number of nitrogens with one attached hydrogen (secondary N) is 1. The largest absolute Gasteiger partial charge is 0.348 e. The van der Waals surface area contributed by atoms with Crippen molar-refractivity contribution in [2.75, 3.05) is 0 Å². The molecule has 0 saturated carbocycles. The summed E-state index contributed by atoms with van der Waals surface area (Å²) >= 11 is 5.73. The minimum absolute atomic E-state index is 0. The van der Waals surface area contributed by atoms with Gasteiger partial charge in [0.25, 0.3) is 0 Å². The van der Waals surface area contributed by atoms with Crippen molar-refractivity contribution in [2.45, 2.75) is 6.42 Å². The van der Waals surface area contributed by atoms with Crippen molar-refractivity contribution in [1.82, 2.24) is 9.97 Å². The van der Waals surface area contributed by atoms with E-state index < -0.39 is 0 Å². The fraction of sp³-hybridized carbons (Fsp3) is 0.0909. The minimum Gasteiger partial charge on any atom is -0.348 e. The summed E-state index contributed by atoms with van der Waals surface area (Å²) in [5.74, 6) is 0.705. The summed E-state index contributed by atoms with van der Waals surface area (Å²) in [7, 11) is 0. The van der Waals surface area contributed by atoms with Gasteiger partial charge in [0, 0.05) is 23.0 Å². The van der Waals surface area contributed by atoms with E-state index in [1.165, 1.54) is 0 Å². The Labute approximate surface area is 104 Å².